The second-order valence-electron chi connectivity index (χ2n) is 3.79. The van der Waals surface area contributed by atoms with E-state index in [1.54, 1.807) is 24.3 Å². The minimum absolute atomic E-state index is 0.269. The Labute approximate surface area is 125 Å². The molecule has 0 spiro atoms. The van der Waals surface area contributed by atoms with Gasteiger partial charge < -0.3 is 11.1 Å². The highest BCUT2D eigenvalue weighted by molar-refractivity contribution is 6.41. The Morgan fingerprint density at radius 3 is 2.16 bits per heavy atom. The van der Waals surface area contributed by atoms with Crippen LogP contribution in [0, 0.1) is 0 Å². The van der Waals surface area contributed by atoms with Crippen molar-refractivity contribution in [2.75, 3.05) is 11.1 Å². The van der Waals surface area contributed by atoms with Crippen LogP contribution in [0.5, 0.6) is 0 Å². The number of hydrogen-bond acceptors (Lipinski definition) is 2. The summed E-state index contributed by atoms with van der Waals surface area (Å²) >= 11 is 17.9. The van der Waals surface area contributed by atoms with E-state index in [0.717, 1.165) is 0 Å². The largest absolute Gasteiger partial charge is 0.399 e. The number of nitrogens with two attached hydrogens (primary N) is 1. The molecule has 0 aliphatic heterocycles. The summed E-state index contributed by atoms with van der Waals surface area (Å²) in [7, 11) is 0. The van der Waals surface area contributed by atoms with E-state index in [0.29, 0.717) is 22.0 Å². The number of nitrogen functional groups attached to an aromatic ring is 1. The maximum atomic E-state index is 12.1. The van der Waals surface area contributed by atoms with Crippen LogP contribution in [0.15, 0.2) is 36.4 Å². The first kappa shape index (κ1) is 14.0. The minimum Gasteiger partial charge on any atom is -0.399 e. The molecule has 2 aromatic rings. The number of carbonyl (C=O) groups excluding carboxylic acids is 1. The van der Waals surface area contributed by atoms with E-state index in [2.05, 4.69) is 5.32 Å². The molecular weight excluding hydrogens is 307 g/mol. The SMILES string of the molecule is Nc1cc(Cl)c(NC(=O)c2ccccc2Cl)c(Cl)c1. The van der Waals surface area contributed by atoms with Crippen molar-refractivity contribution >= 4 is 52.1 Å². The Bertz CT molecular complexity index is 621. The molecule has 0 unspecified atom stereocenters. The first-order valence-corrected chi connectivity index (χ1v) is 6.43. The van der Waals surface area contributed by atoms with Gasteiger partial charge in [-0.1, -0.05) is 46.9 Å². The third-order valence-electron chi connectivity index (χ3n) is 2.42. The van der Waals surface area contributed by atoms with E-state index in [-0.39, 0.29) is 16.0 Å². The van der Waals surface area contributed by atoms with Gasteiger partial charge in [0.2, 0.25) is 0 Å². The summed E-state index contributed by atoms with van der Waals surface area (Å²) in [6.45, 7) is 0. The van der Waals surface area contributed by atoms with E-state index < -0.39 is 0 Å². The molecule has 0 bridgehead atoms. The lowest BCUT2D eigenvalue weighted by Gasteiger charge is -2.11. The Kier molecular flexibility index (Phi) is 4.20. The molecule has 19 heavy (non-hydrogen) atoms. The predicted octanol–water partition coefficient (Wildman–Crippen LogP) is 4.48. The molecule has 1 amide bonds. The molecule has 0 aromatic heterocycles. The molecule has 0 radical (unpaired) electrons. The molecule has 0 saturated carbocycles. The van der Waals surface area contributed by atoms with Crippen molar-refractivity contribution < 1.29 is 4.79 Å². The van der Waals surface area contributed by atoms with Gasteiger partial charge in [0.15, 0.2) is 0 Å². The molecule has 3 N–H and O–H groups in total. The van der Waals surface area contributed by atoms with E-state index in [1.165, 1.54) is 12.1 Å². The van der Waals surface area contributed by atoms with Crippen LogP contribution >= 0.6 is 34.8 Å². The van der Waals surface area contributed by atoms with Gasteiger partial charge in [-0.2, -0.15) is 0 Å². The second-order valence-corrected chi connectivity index (χ2v) is 5.02. The highest BCUT2D eigenvalue weighted by Gasteiger charge is 2.14. The molecule has 0 aliphatic rings. The Morgan fingerprint density at radius 1 is 1.00 bits per heavy atom. The van der Waals surface area contributed by atoms with Crippen molar-refractivity contribution in [1.29, 1.82) is 0 Å². The maximum Gasteiger partial charge on any atom is 0.257 e. The molecule has 2 aromatic carbocycles. The van der Waals surface area contributed by atoms with Crippen LogP contribution in [-0.4, -0.2) is 5.91 Å². The monoisotopic (exact) mass is 314 g/mol. The van der Waals surface area contributed by atoms with E-state index in [1.807, 2.05) is 0 Å². The van der Waals surface area contributed by atoms with Crippen LogP contribution in [0.2, 0.25) is 15.1 Å². The van der Waals surface area contributed by atoms with Gasteiger partial charge in [0.1, 0.15) is 0 Å². The lowest BCUT2D eigenvalue weighted by Crippen LogP contribution is -2.13. The molecule has 3 nitrogen and oxygen atoms in total. The summed E-state index contributed by atoms with van der Waals surface area (Å²) in [5.41, 5.74) is 6.66. The van der Waals surface area contributed by atoms with Crippen LogP contribution in [0.3, 0.4) is 0 Å². The zero-order valence-electron chi connectivity index (χ0n) is 9.58. The molecule has 2 rings (SSSR count). The third kappa shape index (κ3) is 3.13. The Hall–Kier alpha value is -1.42. The van der Waals surface area contributed by atoms with Crippen molar-refractivity contribution in [3.63, 3.8) is 0 Å². The first-order valence-electron chi connectivity index (χ1n) is 5.29. The second kappa shape index (κ2) is 5.70. The lowest BCUT2D eigenvalue weighted by atomic mass is 10.2. The first-order chi connectivity index (χ1) is 8.99. The van der Waals surface area contributed by atoms with Gasteiger partial charge in [0.05, 0.1) is 26.3 Å². The van der Waals surface area contributed by atoms with Crippen molar-refractivity contribution in [3.8, 4) is 0 Å². The van der Waals surface area contributed by atoms with Crippen molar-refractivity contribution in [1.82, 2.24) is 0 Å². The normalized spacial score (nSPS) is 10.3. The predicted molar refractivity (Wildman–Crippen MR) is 80.3 cm³/mol. The number of halogens is 3. The fraction of sp³-hybridized carbons (Fsp3) is 0. The number of hydrogen-bond donors (Lipinski definition) is 2. The van der Waals surface area contributed by atoms with Crippen LogP contribution in [0.25, 0.3) is 0 Å². The molecule has 0 aliphatic carbocycles. The van der Waals surface area contributed by atoms with Crippen LogP contribution in [-0.2, 0) is 0 Å². The highest BCUT2D eigenvalue weighted by Crippen LogP contribution is 2.33. The van der Waals surface area contributed by atoms with Gasteiger partial charge in [-0.25, -0.2) is 0 Å². The van der Waals surface area contributed by atoms with Crippen LogP contribution in [0.4, 0.5) is 11.4 Å². The van der Waals surface area contributed by atoms with E-state index in [4.69, 9.17) is 40.5 Å². The van der Waals surface area contributed by atoms with E-state index >= 15 is 0 Å². The maximum absolute atomic E-state index is 12.1. The number of rotatable bonds is 2. The zero-order valence-corrected chi connectivity index (χ0v) is 11.9. The number of benzene rings is 2. The third-order valence-corrected chi connectivity index (χ3v) is 3.35. The van der Waals surface area contributed by atoms with Gasteiger partial charge in [0.25, 0.3) is 5.91 Å². The number of anilines is 2. The molecule has 0 saturated heterocycles. The summed E-state index contributed by atoms with van der Waals surface area (Å²) in [5.74, 6) is -0.390. The van der Waals surface area contributed by atoms with Crippen molar-refractivity contribution in [2.24, 2.45) is 0 Å². The summed E-state index contributed by atoms with van der Waals surface area (Å²) in [5, 5.41) is 3.51. The summed E-state index contributed by atoms with van der Waals surface area (Å²) in [6, 6.07) is 9.71. The lowest BCUT2D eigenvalue weighted by molar-refractivity contribution is 0.102. The number of amides is 1. The zero-order chi connectivity index (χ0) is 14.0. The van der Waals surface area contributed by atoms with Gasteiger partial charge in [0, 0.05) is 5.69 Å². The fourth-order valence-electron chi connectivity index (χ4n) is 1.54. The standard InChI is InChI=1S/C13H9Cl3N2O/c14-9-4-2-1-3-8(9)13(19)18-12-10(15)5-7(17)6-11(12)16/h1-6H,17H2,(H,18,19). The highest BCUT2D eigenvalue weighted by atomic mass is 35.5. The molecule has 6 heteroatoms. The number of carbonyl (C=O) groups is 1. The molecule has 0 atom stereocenters. The van der Waals surface area contributed by atoms with E-state index in [9.17, 15) is 4.79 Å². The van der Waals surface area contributed by atoms with Crippen molar-refractivity contribution in [2.45, 2.75) is 0 Å². The molecular formula is C13H9Cl3N2O. The van der Waals surface area contributed by atoms with Crippen LogP contribution in [0.1, 0.15) is 10.4 Å². The van der Waals surface area contributed by atoms with Crippen molar-refractivity contribution in [3.05, 3.63) is 57.0 Å². The van der Waals surface area contributed by atoms with Gasteiger partial charge in [-0.15, -0.1) is 0 Å². The Balaban J connectivity index is 2.32. The fourth-order valence-corrected chi connectivity index (χ4v) is 2.36. The average molecular weight is 316 g/mol. The van der Waals surface area contributed by atoms with Gasteiger partial charge in [-0.3, -0.25) is 4.79 Å². The minimum atomic E-state index is -0.390. The molecule has 98 valence electrons. The Morgan fingerprint density at radius 2 is 1.58 bits per heavy atom. The quantitative estimate of drug-likeness (QED) is 0.803. The summed E-state index contributed by atoms with van der Waals surface area (Å²) in [4.78, 5) is 12.1. The topological polar surface area (TPSA) is 55.1 Å². The molecule has 0 fully saturated rings. The van der Waals surface area contributed by atoms with Gasteiger partial charge >= 0.3 is 0 Å². The van der Waals surface area contributed by atoms with Crippen LogP contribution < -0.4 is 11.1 Å². The number of nitrogens with one attached hydrogen (secondary N) is 1. The summed E-state index contributed by atoms with van der Waals surface area (Å²) < 4.78 is 0. The van der Waals surface area contributed by atoms with Gasteiger partial charge in [-0.05, 0) is 24.3 Å². The molecule has 0 heterocycles. The average Bonchev–Trinajstić information content (AvgIpc) is 2.34. The summed E-state index contributed by atoms with van der Waals surface area (Å²) in [6.07, 6.45) is 0. The smallest absolute Gasteiger partial charge is 0.257 e.